The number of rotatable bonds is 5. The van der Waals surface area contributed by atoms with Crippen molar-refractivity contribution in [2.75, 3.05) is 6.54 Å². The van der Waals surface area contributed by atoms with E-state index in [1.807, 2.05) is 0 Å². The van der Waals surface area contributed by atoms with E-state index in [-0.39, 0.29) is 22.4 Å². The standard InChI is InChI=1S/C29H27F5N2O3S/c1-27(31,29(32,33)34)21-7-12-24-20(16-21)6-13-25-28(24,17-18-2-8-22(30)9-3-18)14-15-36(25)26(37)19-4-10-23(11-5-19)40(35,38)39/h2-5,7-12,16,25H,6,13-15,17H2,1H3,(H2,35,38,39)/t25-,27?,28-/m1/s1. The first-order valence-corrected chi connectivity index (χ1v) is 14.3. The zero-order valence-electron chi connectivity index (χ0n) is 21.5. The summed E-state index contributed by atoms with van der Waals surface area (Å²) in [5.41, 5.74) is -2.31. The third-order valence-electron chi connectivity index (χ3n) is 8.34. The molecule has 2 aliphatic rings. The van der Waals surface area contributed by atoms with E-state index < -0.39 is 38.7 Å². The topological polar surface area (TPSA) is 80.5 Å². The van der Waals surface area contributed by atoms with E-state index in [4.69, 9.17) is 5.14 Å². The lowest BCUT2D eigenvalue weighted by Crippen LogP contribution is -2.49. The average molecular weight is 579 g/mol. The van der Waals surface area contributed by atoms with Gasteiger partial charge in [-0.1, -0.05) is 30.3 Å². The highest BCUT2D eigenvalue weighted by molar-refractivity contribution is 7.89. The van der Waals surface area contributed by atoms with E-state index in [1.54, 1.807) is 23.1 Å². The molecule has 40 heavy (non-hydrogen) atoms. The highest BCUT2D eigenvalue weighted by Crippen LogP contribution is 2.51. The SMILES string of the molecule is CC(F)(c1ccc2c(c1)CC[C@H]1N(C(=O)c3ccc(S(N)(=O)=O)cc3)CC[C@@]21Cc1ccc(F)cc1)C(F)(F)F. The van der Waals surface area contributed by atoms with Crippen molar-refractivity contribution in [3.8, 4) is 0 Å². The summed E-state index contributed by atoms with van der Waals surface area (Å²) in [7, 11) is -3.94. The molecule has 1 unspecified atom stereocenters. The van der Waals surface area contributed by atoms with E-state index in [9.17, 15) is 35.2 Å². The number of alkyl halides is 4. The van der Waals surface area contributed by atoms with Gasteiger partial charge in [-0.3, -0.25) is 4.79 Å². The lowest BCUT2D eigenvalue weighted by Gasteiger charge is -2.44. The predicted molar refractivity (Wildman–Crippen MR) is 138 cm³/mol. The molecule has 5 rings (SSSR count). The number of sulfonamides is 1. The van der Waals surface area contributed by atoms with Crippen molar-refractivity contribution >= 4 is 15.9 Å². The molecular weight excluding hydrogens is 551 g/mol. The molecule has 3 aromatic carbocycles. The van der Waals surface area contributed by atoms with Gasteiger partial charge in [0.1, 0.15) is 5.82 Å². The number of amides is 1. The normalized spacial score (nSPS) is 22.4. The quantitative estimate of drug-likeness (QED) is 0.403. The molecule has 212 valence electrons. The van der Waals surface area contributed by atoms with Crippen molar-refractivity contribution in [2.45, 2.75) is 60.8 Å². The summed E-state index contributed by atoms with van der Waals surface area (Å²) in [6, 6.07) is 14.9. The first-order chi connectivity index (χ1) is 18.6. The van der Waals surface area contributed by atoms with Crippen LogP contribution in [0.1, 0.15) is 52.4 Å². The number of hydrogen-bond donors (Lipinski definition) is 1. The summed E-state index contributed by atoms with van der Waals surface area (Å²) in [5.74, 6) is -0.729. The fourth-order valence-electron chi connectivity index (χ4n) is 6.19. The molecule has 0 radical (unpaired) electrons. The Balaban J connectivity index is 1.55. The van der Waals surface area contributed by atoms with Crippen molar-refractivity contribution in [2.24, 2.45) is 5.14 Å². The van der Waals surface area contributed by atoms with E-state index in [2.05, 4.69) is 0 Å². The van der Waals surface area contributed by atoms with Crippen LogP contribution < -0.4 is 5.14 Å². The molecule has 5 nitrogen and oxygen atoms in total. The molecule has 11 heteroatoms. The monoisotopic (exact) mass is 578 g/mol. The van der Waals surface area contributed by atoms with Crippen LogP contribution in [0, 0.1) is 5.82 Å². The van der Waals surface area contributed by atoms with Gasteiger partial charge in [0.25, 0.3) is 5.91 Å². The van der Waals surface area contributed by atoms with Crippen LogP contribution in [-0.4, -0.2) is 38.0 Å². The van der Waals surface area contributed by atoms with Crippen molar-refractivity contribution < 1.29 is 35.2 Å². The van der Waals surface area contributed by atoms with Gasteiger partial charge in [0, 0.05) is 23.6 Å². The third-order valence-corrected chi connectivity index (χ3v) is 9.27. The van der Waals surface area contributed by atoms with Crippen molar-refractivity contribution in [1.29, 1.82) is 0 Å². The number of halogens is 5. The minimum absolute atomic E-state index is 0.128. The van der Waals surface area contributed by atoms with Crippen LogP contribution >= 0.6 is 0 Å². The molecule has 1 heterocycles. The van der Waals surface area contributed by atoms with E-state index >= 15 is 0 Å². The van der Waals surface area contributed by atoms with Crippen LogP contribution in [0.15, 0.2) is 71.6 Å². The van der Waals surface area contributed by atoms with Crippen LogP contribution in [0.4, 0.5) is 22.0 Å². The Labute approximate surface area is 228 Å². The van der Waals surface area contributed by atoms with Crippen LogP contribution in [0.25, 0.3) is 0 Å². The maximum absolute atomic E-state index is 14.8. The van der Waals surface area contributed by atoms with E-state index in [0.29, 0.717) is 44.7 Å². The number of carbonyl (C=O) groups is 1. The smallest absolute Gasteiger partial charge is 0.335 e. The zero-order chi connectivity index (χ0) is 29.1. The van der Waals surface area contributed by atoms with Gasteiger partial charge in [-0.2, -0.15) is 13.2 Å². The molecular formula is C29H27F5N2O3S. The second-order valence-electron chi connectivity index (χ2n) is 10.7. The van der Waals surface area contributed by atoms with Crippen molar-refractivity contribution in [3.63, 3.8) is 0 Å². The summed E-state index contributed by atoms with van der Waals surface area (Å²) in [6.07, 6.45) is -3.45. The highest BCUT2D eigenvalue weighted by Gasteiger charge is 2.55. The second-order valence-corrected chi connectivity index (χ2v) is 12.3. The van der Waals surface area contributed by atoms with Gasteiger partial charge in [0.05, 0.1) is 4.90 Å². The Hall–Kier alpha value is -3.31. The molecule has 1 amide bonds. The number of aryl methyl sites for hydroxylation is 1. The minimum atomic E-state index is -5.08. The maximum atomic E-state index is 14.8. The number of carbonyl (C=O) groups excluding carboxylic acids is 1. The summed E-state index contributed by atoms with van der Waals surface area (Å²) in [6.45, 7) is 0.845. The molecule has 2 N–H and O–H groups in total. The number of fused-ring (bicyclic) bond motifs is 3. The molecule has 0 spiro atoms. The average Bonchev–Trinajstić information content (AvgIpc) is 3.27. The molecule has 0 aromatic heterocycles. The fraction of sp³-hybridized carbons (Fsp3) is 0.345. The predicted octanol–water partition coefficient (Wildman–Crippen LogP) is 5.56. The van der Waals surface area contributed by atoms with Crippen LogP contribution in [0.5, 0.6) is 0 Å². The largest absolute Gasteiger partial charge is 0.426 e. The van der Waals surface area contributed by atoms with Gasteiger partial charge in [0.2, 0.25) is 15.7 Å². The fourth-order valence-corrected chi connectivity index (χ4v) is 6.70. The lowest BCUT2D eigenvalue weighted by molar-refractivity contribution is -0.228. The number of primary sulfonamides is 1. The van der Waals surface area contributed by atoms with E-state index in [1.165, 1.54) is 42.5 Å². The summed E-state index contributed by atoms with van der Waals surface area (Å²) < 4.78 is 92.1. The number of nitrogens with zero attached hydrogens (tertiary/aromatic N) is 1. The molecule has 0 saturated carbocycles. The minimum Gasteiger partial charge on any atom is -0.335 e. The lowest BCUT2D eigenvalue weighted by atomic mass is 9.63. The first kappa shape index (κ1) is 28.2. The van der Waals surface area contributed by atoms with Gasteiger partial charge in [-0.05, 0) is 91.3 Å². The Morgan fingerprint density at radius 1 is 1.02 bits per heavy atom. The van der Waals surface area contributed by atoms with Crippen LogP contribution in [-0.2, 0) is 33.9 Å². The first-order valence-electron chi connectivity index (χ1n) is 12.7. The molecule has 1 aliphatic carbocycles. The van der Waals surface area contributed by atoms with Gasteiger partial charge >= 0.3 is 6.18 Å². The van der Waals surface area contributed by atoms with Gasteiger partial charge in [-0.15, -0.1) is 0 Å². The Morgan fingerprint density at radius 2 is 1.68 bits per heavy atom. The number of benzene rings is 3. The van der Waals surface area contributed by atoms with Crippen LogP contribution in [0.2, 0.25) is 0 Å². The molecule has 1 aliphatic heterocycles. The Bertz CT molecular complexity index is 1550. The van der Waals surface area contributed by atoms with Crippen LogP contribution in [0.3, 0.4) is 0 Å². The van der Waals surface area contributed by atoms with Crippen molar-refractivity contribution in [3.05, 3.63) is 100 Å². The summed E-state index contributed by atoms with van der Waals surface area (Å²) in [5, 5.41) is 5.17. The Morgan fingerprint density at radius 3 is 2.27 bits per heavy atom. The van der Waals surface area contributed by atoms with Gasteiger partial charge in [0.15, 0.2) is 0 Å². The number of likely N-dealkylation sites (tertiary alicyclic amines) is 1. The molecule has 3 aromatic rings. The highest BCUT2D eigenvalue weighted by atomic mass is 32.2. The molecule has 0 bridgehead atoms. The second kappa shape index (κ2) is 9.66. The molecule has 1 saturated heterocycles. The third kappa shape index (κ3) is 4.79. The van der Waals surface area contributed by atoms with Gasteiger partial charge < -0.3 is 4.90 Å². The number of nitrogens with two attached hydrogens (primary N) is 1. The maximum Gasteiger partial charge on any atom is 0.426 e. The summed E-state index contributed by atoms with van der Waals surface area (Å²) >= 11 is 0. The van der Waals surface area contributed by atoms with Gasteiger partial charge in [-0.25, -0.2) is 22.3 Å². The molecule has 3 atom stereocenters. The van der Waals surface area contributed by atoms with Crippen molar-refractivity contribution in [1.82, 2.24) is 4.90 Å². The molecule has 1 fully saturated rings. The number of hydrogen-bond acceptors (Lipinski definition) is 3. The zero-order valence-corrected chi connectivity index (χ0v) is 22.3. The summed E-state index contributed by atoms with van der Waals surface area (Å²) in [4.78, 5) is 15.2. The Kier molecular flexibility index (Phi) is 6.81. The van der Waals surface area contributed by atoms with E-state index in [0.717, 1.165) is 17.2 Å².